The second-order valence-electron chi connectivity index (χ2n) is 14.0. The highest BCUT2D eigenvalue weighted by Gasteiger charge is 2.33. The Morgan fingerprint density at radius 1 is 0.480 bits per heavy atom. The Bertz CT molecular complexity index is 1440. The molecule has 3 aliphatic rings. The van der Waals surface area contributed by atoms with Crippen LogP contribution >= 0.6 is 0 Å². The number of methoxy groups -OCH3 is 6. The van der Waals surface area contributed by atoms with Gasteiger partial charge in [-0.2, -0.15) is 0 Å². The molecule has 3 heterocycles. The lowest BCUT2D eigenvalue weighted by Gasteiger charge is -2.37. The van der Waals surface area contributed by atoms with Crippen LogP contribution in [0.4, 0.5) is 0 Å². The first kappa shape index (κ1) is 36.1. The zero-order chi connectivity index (χ0) is 35.3. The second-order valence-corrected chi connectivity index (χ2v) is 14.0. The molecule has 272 valence electrons. The second kappa shape index (κ2) is 16.1. The van der Waals surface area contributed by atoms with Gasteiger partial charge in [0.1, 0.15) is 0 Å². The fraction of sp³-hybridized carbons (Fsp3) is 0.550. The van der Waals surface area contributed by atoms with Crippen LogP contribution in [0.15, 0.2) is 36.4 Å². The first-order valence-electron chi connectivity index (χ1n) is 18.1. The van der Waals surface area contributed by atoms with Crippen LogP contribution in [0.1, 0.15) is 90.0 Å². The topological polar surface area (TPSA) is 117 Å². The van der Waals surface area contributed by atoms with E-state index in [1.54, 1.807) is 42.7 Å². The van der Waals surface area contributed by atoms with Crippen molar-refractivity contribution in [1.82, 2.24) is 16.0 Å². The summed E-state index contributed by atoms with van der Waals surface area (Å²) in [6.45, 7) is 2.77. The molecule has 50 heavy (non-hydrogen) atoms. The Kier molecular flexibility index (Phi) is 11.6. The normalized spacial score (nSPS) is 20.8. The van der Waals surface area contributed by atoms with Crippen molar-refractivity contribution in [3.8, 4) is 34.5 Å². The maximum absolute atomic E-state index is 7.60. The summed E-state index contributed by atoms with van der Waals surface area (Å²) >= 11 is 0. The fourth-order valence-corrected chi connectivity index (χ4v) is 8.35. The smallest absolute Gasteiger partial charge is 0.161 e. The van der Waals surface area contributed by atoms with Gasteiger partial charge in [0.05, 0.1) is 42.7 Å². The Morgan fingerprint density at radius 2 is 0.740 bits per heavy atom. The summed E-state index contributed by atoms with van der Waals surface area (Å²) in [5, 5.41) is 11.4. The van der Waals surface area contributed by atoms with Crippen LogP contribution in [0.2, 0.25) is 0 Å². The predicted octanol–water partition coefficient (Wildman–Crippen LogP) is 5.74. The van der Waals surface area contributed by atoms with Gasteiger partial charge in [-0.25, -0.2) is 0 Å². The highest BCUT2D eigenvalue weighted by Crippen LogP contribution is 2.42. The van der Waals surface area contributed by atoms with Crippen LogP contribution < -0.4 is 50.1 Å². The molecule has 0 radical (unpaired) electrons. The third-order valence-corrected chi connectivity index (χ3v) is 11.2. The van der Waals surface area contributed by atoms with Crippen LogP contribution in [0.25, 0.3) is 0 Å². The minimum absolute atomic E-state index is 0.192. The van der Waals surface area contributed by atoms with Gasteiger partial charge < -0.3 is 50.1 Å². The molecule has 0 bridgehead atoms. The molecule has 3 aromatic rings. The average molecular weight is 689 g/mol. The highest BCUT2D eigenvalue weighted by molar-refractivity contribution is 5.51. The minimum atomic E-state index is -0.387. The van der Waals surface area contributed by atoms with E-state index in [0.717, 1.165) is 112 Å². The highest BCUT2D eigenvalue weighted by atomic mass is 16.5. The zero-order valence-electron chi connectivity index (χ0n) is 30.7. The van der Waals surface area contributed by atoms with Gasteiger partial charge in [0, 0.05) is 23.7 Å². The summed E-state index contributed by atoms with van der Waals surface area (Å²) in [7, 11) is 10.2. The van der Waals surface area contributed by atoms with Crippen molar-refractivity contribution in [3.63, 3.8) is 0 Å². The lowest BCUT2D eigenvalue weighted by Crippen LogP contribution is -2.44. The third-order valence-electron chi connectivity index (χ3n) is 11.2. The first-order valence-corrected chi connectivity index (χ1v) is 18.1. The van der Waals surface area contributed by atoms with Crippen LogP contribution in [-0.2, 0) is 19.3 Å². The quantitative estimate of drug-likeness (QED) is 0.158. The molecular formula is C40H56N4O6. The molecule has 3 aliphatic heterocycles. The largest absolute Gasteiger partial charge is 0.493 e. The van der Waals surface area contributed by atoms with Crippen molar-refractivity contribution >= 4 is 0 Å². The molecule has 10 heteroatoms. The minimum Gasteiger partial charge on any atom is -0.493 e. The van der Waals surface area contributed by atoms with Crippen LogP contribution in [0.3, 0.4) is 0 Å². The Balaban J connectivity index is 1.24. The van der Waals surface area contributed by atoms with E-state index in [0.29, 0.717) is 0 Å². The number of hydrogen-bond acceptors (Lipinski definition) is 10. The summed E-state index contributed by atoms with van der Waals surface area (Å²) in [6, 6.07) is 13.5. The van der Waals surface area contributed by atoms with E-state index in [9.17, 15) is 0 Å². The van der Waals surface area contributed by atoms with Crippen LogP contribution in [0, 0.1) is 0 Å². The van der Waals surface area contributed by atoms with Crippen LogP contribution in [0.5, 0.6) is 34.5 Å². The molecule has 0 amide bonds. The molecule has 10 nitrogen and oxygen atoms in total. The van der Waals surface area contributed by atoms with Gasteiger partial charge in [0.15, 0.2) is 34.5 Å². The number of rotatable bonds is 15. The van der Waals surface area contributed by atoms with E-state index in [2.05, 4.69) is 52.3 Å². The molecule has 0 saturated heterocycles. The summed E-state index contributed by atoms with van der Waals surface area (Å²) in [5.41, 5.74) is 15.0. The standard InChI is InChI=1S/C40H56N4O6/c1-45-34-19-25-10-16-42-31(28(25)22-37(34)48-4)7-13-40(41,14-8-32-29-23-38(49-5)35(46-2)20-26(29)11-17-43-32)15-9-33-30-24-39(50-6)36(47-3)21-27(30)12-18-44-33/h19-24,31-33,42-44H,7-18,41H2,1-6H3. The van der Waals surface area contributed by atoms with Gasteiger partial charge in [-0.05, 0) is 147 Å². The zero-order valence-corrected chi connectivity index (χ0v) is 30.7. The molecule has 0 spiro atoms. The fourth-order valence-electron chi connectivity index (χ4n) is 8.35. The summed E-state index contributed by atoms with van der Waals surface area (Å²) < 4.78 is 34.0. The van der Waals surface area contributed by atoms with Crippen molar-refractivity contribution in [2.75, 3.05) is 62.3 Å². The summed E-state index contributed by atoms with van der Waals surface area (Å²) in [5.74, 6) is 4.64. The third kappa shape index (κ3) is 7.64. The summed E-state index contributed by atoms with van der Waals surface area (Å²) in [6.07, 6.45) is 8.32. The van der Waals surface area contributed by atoms with E-state index in [1.807, 2.05) is 0 Å². The lowest BCUT2D eigenvalue weighted by atomic mass is 9.78. The van der Waals surface area contributed by atoms with E-state index in [-0.39, 0.29) is 23.7 Å². The monoisotopic (exact) mass is 688 g/mol. The molecule has 0 saturated carbocycles. The molecule has 0 aliphatic carbocycles. The van der Waals surface area contributed by atoms with E-state index < -0.39 is 0 Å². The maximum Gasteiger partial charge on any atom is 0.161 e. The van der Waals surface area contributed by atoms with Crippen molar-refractivity contribution in [3.05, 3.63) is 69.8 Å². The van der Waals surface area contributed by atoms with Crippen molar-refractivity contribution in [1.29, 1.82) is 0 Å². The molecule has 3 atom stereocenters. The summed E-state index contributed by atoms with van der Waals surface area (Å²) in [4.78, 5) is 0. The number of nitrogens with two attached hydrogens (primary N) is 1. The Labute approximate surface area is 297 Å². The number of ether oxygens (including phenoxy) is 6. The van der Waals surface area contributed by atoms with Crippen molar-refractivity contribution < 1.29 is 28.4 Å². The van der Waals surface area contributed by atoms with E-state index >= 15 is 0 Å². The van der Waals surface area contributed by atoms with Crippen LogP contribution in [-0.4, -0.2) is 67.8 Å². The van der Waals surface area contributed by atoms with E-state index in [4.69, 9.17) is 34.2 Å². The predicted molar refractivity (Wildman–Crippen MR) is 197 cm³/mol. The number of fused-ring (bicyclic) bond motifs is 3. The molecule has 0 fully saturated rings. The van der Waals surface area contributed by atoms with Crippen molar-refractivity contribution in [2.45, 2.75) is 81.5 Å². The molecule has 0 aromatic heterocycles. The molecular weight excluding hydrogens is 632 g/mol. The average Bonchev–Trinajstić information content (AvgIpc) is 3.16. The number of nitrogens with one attached hydrogen (secondary N) is 3. The van der Waals surface area contributed by atoms with Gasteiger partial charge >= 0.3 is 0 Å². The Hall–Kier alpha value is -3.70. The van der Waals surface area contributed by atoms with Gasteiger partial charge in [0.25, 0.3) is 0 Å². The molecule has 3 unspecified atom stereocenters. The molecule has 6 rings (SSSR count). The Morgan fingerprint density at radius 3 is 1.00 bits per heavy atom. The first-order chi connectivity index (χ1) is 24.3. The number of hydrogen-bond donors (Lipinski definition) is 4. The number of benzene rings is 3. The van der Waals surface area contributed by atoms with Crippen molar-refractivity contribution in [2.24, 2.45) is 5.73 Å². The molecule has 3 aromatic carbocycles. The SMILES string of the molecule is COc1cc2c(cc1OC)C(CCC(N)(CCC1NCCc3cc(OC)c(OC)cc31)CCC1NCCc3cc(OC)c(OC)cc31)NCC2. The van der Waals surface area contributed by atoms with Gasteiger partial charge in [-0.3, -0.25) is 0 Å². The molecule has 5 N–H and O–H groups in total. The lowest BCUT2D eigenvalue weighted by molar-refractivity contribution is 0.265. The van der Waals surface area contributed by atoms with Gasteiger partial charge in [0.2, 0.25) is 0 Å². The van der Waals surface area contributed by atoms with Gasteiger partial charge in [-0.1, -0.05) is 0 Å². The van der Waals surface area contributed by atoms with E-state index in [1.165, 1.54) is 33.4 Å². The maximum atomic E-state index is 7.60. The van der Waals surface area contributed by atoms with Gasteiger partial charge in [-0.15, -0.1) is 0 Å².